The molecule has 1 aromatic carbocycles. The van der Waals surface area contributed by atoms with Crippen molar-refractivity contribution >= 4 is 31.3 Å². The van der Waals surface area contributed by atoms with Crippen molar-refractivity contribution < 1.29 is 14.3 Å². The normalized spacial score (nSPS) is 12.5. The van der Waals surface area contributed by atoms with E-state index < -0.39 is 17.5 Å². The van der Waals surface area contributed by atoms with E-state index in [1.165, 1.54) is 12.5 Å². The third-order valence-corrected chi connectivity index (χ3v) is 6.02. The Bertz CT molecular complexity index is 753. The van der Waals surface area contributed by atoms with Crippen molar-refractivity contribution in [1.29, 1.82) is 0 Å². The number of carbonyl (C=O) groups is 2. The van der Waals surface area contributed by atoms with E-state index in [4.69, 9.17) is 4.74 Å². The van der Waals surface area contributed by atoms with Crippen molar-refractivity contribution in [2.24, 2.45) is 5.92 Å². The second-order valence-corrected chi connectivity index (χ2v) is 9.17. The Labute approximate surface area is 161 Å². The molecular formula is C21H25NO3Se. The van der Waals surface area contributed by atoms with E-state index in [0.29, 0.717) is 6.42 Å². The molecule has 0 fully saturated rings. The Morgan fingerprint density at radius 1 is 1.12 bits per heavy atom. The summed E-state index contributed by atoms with van der Waals surface area (Å²) < 4.78 is 6.41. The topological polar surface area (TPSA) is 56.3 Å². The summed E-state index contributed by atoms with van der Waals surface area (Å²) in [5.41, 5.74) is 1.61. The molecule has 1 atom stereocenters. The first-order chi connectivity index (χ1) is 12.3. The van der Waals surface area contributed by atoms with Crippen LogP contribution in [0.1, 0.15) is 38.8 Å². The van der Waals surface area contributed by atoms with Crippen LogP contribution in [0.25, 0.3) is 0 Å². The van der Waals surface area contributed by atoms with Crippen LogP contribution in [0.3, 0.4) is 0 Å². The van der Waals surface area contributed by atoms with Crippen molar-refractivity contribution in [1.82, 2.24) is 4.98 Å². The number of esters is 1. The molecule has 1 heterocycles. The molecule has 0 saturated carbocycles. The number of Topliss-reactive ketones (excluding diaryl/α,β-unsaturated/α-hetero) is 1. The maximum atomic E-state index is 12.4. The molecule has 5 heteroatoms. The van der Waals surface area contributed by atoms with Crippen LogP contribution in [-0.2, 0) is 26.1 Å². The van der Waals surface area contributed by atoms with E-state index in [2.05, 4.69) is 17.1 Å². The van der Waals surface area contributed by atoms with Crippen molar-refractivity contribution in [3.05, 3.63) is 59.8 Å². The Kier molecular flexibility index (Phi) is 7.13. The summed E-state index contributed by atoms with van der Waals surface area (Å²) in [6.45, 7) is 6.86. The number of ketones is 1. The fourth-order valence-corrected chi connectivity index (χ4v) is 4.45. The third kappa shape index (κ3) is 6.40. The molecule has 26 heavy (non-hydrogen) atoms. The van der Waals surface area contributed by atoms with Gasteiger partial charge in [-0.3, -0.25) is 0 Å². The number of nitrogens with zero attached hydrogens (tertiary/aromatic N) is 1. The zero-order valence-corrected chi connectivity index (χ0v) is 17.4. The summed E-state index contributed by atoms with van der Waals surface area (Å²) in [4.78, 5) is 29.0. The van der Waals surface area contributed by atoms with Gasteiger partial charge in [0.2, 0.25) is 0 Å². The van der Waals surface area contributed by atoms with Gasteiger partial charge in [-0.05, 0) is 0 Å². The summed E-state index contributed by atoms with van der Waals surface area (Å²) >= 11 is 0.132. The second kappa shape index (κ2) is 9.11. The molecule has 0 N–H and O–H groups in total. The van der Waals surface area contributed by atoms with Gasteiger partial charge in [-0.15, -0.1) is 0 Å². The van der Waals surface area contributed by atoms with E-state index in [1.54, 1.807) is 27.0 Å². The van der Waals surface area contributed by atoms with Gasteiger partial charge in [-0.2, -0.15) is 0 Å². The standard InChI is InChI=1S/C21H25NO3Se/c1-15(23)18(20(24)25-21(2,3)4)13-17-11-8-12-22-19(17)26-14-16-9-6-5-7-10-16/h5-12,18H,13-14H2,1-4H3. The van der Waals surface area contributed by atoms with Gasteiger partial charge in [0.05, 0.1) is 0 Å². The Morgan fingerprint density at radius 3 is 2.42 bits per heavy atom. The third-order valence-electron chi connectivity index (χ3n) is 3.67. The second-order valence-electron chi connectivity index (χ2n) is 7.14. The number of ether oxygens (including phenoxy) is 1. The predicted octanol–water partition coefficient (Wildman–Crippen LogP) is 2.70. The fourth-order valence-electron chi connectivity index (χ4n) is 2.42. The first-order valence-electron chi connectivity index (χ1n) is 8.60. The number of hydrogen-bond acceptors (Lipinski definition) is 4. The van der Waals surface area contributed by atoms with Crippen molar-refractivity contribution in [3.63, 3.8) is 0 Å². The summed E-state index contributed by atoms with van der Waals surface area (Å²) in [7, 11) is 0. The summed E-state index contributed by atoms with van der Waals surface area (Å²) in [6, 6.07) is 14.1. The van der Waals surface area contributed by atoms with Crippen LogP contribution in [0, 0.1) is 5.92 Å². The van der Waals surface area contributed by atoms with Gasteiger partial charge < -0.3 is 0 Å². The molecule has 0 bridgehead atoms. The quantitative estimate of drug-likeness (QED) is 0.394. The predicted molar refractivity (Wildman–Crippen MR) is 103 cm³/mol. The molecule has 138 valence electrons. The van der Waals surface area contributed by atoms with Gasteiger partial charge in [0.25, 0.3) is 0 Å². The van der Waals surface area contributed by atoms with E-state index in [0.717, 1.165) is 15.5 Å². The first kappa shape index (κ1) is 20.3. The van der Waals surface area contributed by atoms with Gasteiger partial charge in [0.15, 0.2) is 0 Å². The Hall–Kier alpha value is -1.97. The summed E-state index contributed by atoms with van der Waals surface area (Å²) in [6.07, 6.45) is 2.10. The molecule has 1 unspecified atom stereocenters. The average molecular weight is 418 g/mol. The zero-order chi connectivity index (χ0) is 19.2. The number of carbonyl (C=O) groups excluding carboxylic acids is 2. The van der Waals surface area contributed by atoms with Crippen LogP contribution < -0.4 is 4.59 Å². The van der Waals surface area contributed by atoms with Crippen LogP contribution in [0.15, 0.2) is 48.7 Å². The van der Waals surface area contributed by atoms with Crippen LogP contribution in [0.2, 0.25) is 0 Å². The van der Waals surface area contributed by atoms with Gasteiger partial charge in [0.1, 0.15) is 0 Å². The minimum absolute atomic E-state index is 0.132. The van der Waals surface area contributed by atoms with Crippen molar-refractivity contribution in [2.45, 2.75) is 45.0 Å². The zero-order valence-electron chi connectivity index (χ0n) is 15.7. The van der Waals surface area contributed by atoms with Crippen LogP contribution in [0.4, 0.5) is 0 Å². The maximum absolute atomic E-state index is 12.4. The first-order valence-corrected chi connectivity index (χ1v) is 10.7. The monoisotopic (exact) mass is 419 g/mol. The molecule has 1 aromatic heterocycles. The van der Waals surface area contributed by atoms with Crippen LogP contribution >= 0.6 is 0 Å². The molecule has 0 aliphatic carbocycles. The van der Waals surface area contributed by atoms with E-state index in [9.17, 15) is 9.59 Å². The van der Waals surface area contributed by atoms with Gasteiger partial charge in [0, 0.05) is 0 Å². The van der Waals surface area contributed by atoms with Crippen molar-refractivity contribution in [3.8, 4) is 0 Å². The molecular weight excluding hydrogens is 393 g/mol. The van der Waals surface area contributed by atoms with Gasteiger partial charge in [-0.25, -0.2) is 0 Å². The molecule has 0 spiro atoms. The molecule has 4 nitrogen and oxygen atoms in total. The number of hydrogen-bond donors (Lipinski definition) is 0. The minimum atomic E-state index is -0.787. The molecule has 0 aliphatic heterocycles. The molecule has 0 radical (unpaired) electrons. The van der Waals surface area contributed by atoms with Gasteiger partial charge in [-0.1, -0.05) is 0 Å². The number of aromatic nitrogens is 1. The van der Waals surface area contributed by atoms with Gasteiger partial charge >= 0.3 is 161 Å². The van der Waals surface area contributed by atoms with E-state index >= 15 is 0 Å². The summed E-state index contributed by atoms with van der Waals surface area (Å²) in [5, 5.41) is 0.926. The Balaban J connectivity index is 2.14. The molecule has 2 rings (SSSR count). The average Bonchev–Trinajstić information content (AvgIpc) is 2.57. The van der Waals surface area contributed by atoms with Crippen molar-refractivity contribution in [2.75, 3.05) is 0 Å². The molecule has 0 amide bonds. The summed E-state index contributed by atoms with van der Waals surface area (Å²) in [5.74, 6) is -1.43. The molecule has 2 aromatic rings. The van der Waals surface area contributed by atoms with Crippen LogP contribution in [-0.4, -0.2) is 37.3 Å². The van der Waals surface area contributed by atoms with E-state index in [-0.39, 0.29) is 20.7 Å². The SMILES string of the molecule is CC(=O)C(Cc1cccnc1[Se]Cc1ccccc1)C(=O)OC(C)(C)C. The van der Waals surface area contributed by atoms with E-state index in [1.807, 2.05) is 30.3 Å². The Morgan fingerprint density at radius 2 is 1.81 bits per heavy atom. The fraction of sp³-hybridized carbons (Fsp3) is 0.381. The van der Waals surface area contributed by atoms with Crippen LogP contribution in [0.5, 0.6) is 0 Å². The molecule has 0 saturated heterocycles. The number of pyridine rings is 1. The number of rotatable bonds is 7. The molecule has 0 aliphatic rings. The number of benzene rings is 1.